The highest BCUT2D eigenvalue weighted by Crippen LogP contribution is 2.46. The van der Waals surface area contributed by atoms with Gasteiger partial charge in [0.1, 0.15) is 0 Å². The Bertz CT molecular complexity index is 270. The average molecular weight is 254 g/mol. The molecule has 2 fully saturated rings. The van der Waals surface area contributed by atoms with Crippen molar-refractivity contribution in [2.75, 3.05) is 26.2 Å². The summed E-state index contributed by atoms with van der Waals surface area (Å²) in [5, 5.41) is 0. The van der Waals surface area contributed by atoms with Gasteiger partial charge in [-0.1, -0.05) is 13.8 Å². The first-order valence-corrected chi connectivity index (χ1v) is 7.70. The predicted octanol–water partition coefficient (Wildman–Crippen LogP) is 2.39. The molecule has 0 bridgehead atoms. The number of rotatable bonds is 6. The Balaban J connectivity index is 1.96. The minimum absolute atomic E-state index is 0.256. The average Bonchev–Trinajstić information content (AvgIpc) is 2.79. The molecule has 1 aliphatic heterocycles. The molecule has 3 nitrogen and oxygen atoms in total. The van der Waals surface area contributed by atoms with E-state index in [0.29, 0.717) is 11.5 Å². The summed E-state index contributed by atoms with van der Waals surface area (Å²) in [6, 6.07) is 0. The summed E-state index contributed by atoms with van der Waals surface area (Å²) in [5.74, 6) is 0. The van der Waals surface area contributed by atoms with Crippen LogP contribution in [0, 0.1) is 5.41 Å². The van der Waals surface area contributed by atoms with Crippen LogP contribution in [0.1, 0.15) is 52.9 Å². The molecule has 0 aromatic rings. The molecule has 2 N–H and O–H groups in total. The SMILES string of the molecule is CCOC1CC(CN)(N2CCC(CC)(CC)C2)C1. The molecule has 1 heterocycles. The lowest BCUT2D eigenvalue weighted by Crippen LogP contribution is -2.63. The Labute approximate surface area is 112 Å². The highest BCUT2D eigenvalue weighted by molar-refractivity contribution is 5.07. The normalized spacial score (nSPS) is 35.7. The van der Waals surface area contributed by atoms with Crippen molar-refractivity contribution >= 4 is 0 Å². The molecule has 0 radical (unpaired) electrons. The van der Waals surface area contributed by atoms with E-state index in [1.807, 2.05) is 0 Å². The molecule has 0 unspecified atom stereocenters. The quantitative estimate of drug-likeness (QED) is 0.791. The van der Waals surface area contributed by atoms with Gasteiger partial charge in [-0.2, -0.15) is 0 Å². The molecule has 106 valence electrons. The number of ether oxygens (including phenoxy) is 1. The maximum atomic E-state index is 6.08. The maximum Gasteiger partial charge on any atom is 0.0611 e. The summed E-state index contributed by atoms with van der Waals surface area (Å²) >= 11 is 0. The zero-order chi connectivity index (χ0) is 13.2. The van der Waals surface area contributed by atoms with Crippen LogP contribution in [-0.4, -0.2) is 42.8 Å². The number of likely N-dealkylation sites (tertiary alicyclic amines) is 1. The zero-order valence-electron chi connectivity index (χ0n) is 12.4. The molecule has 3 heteroatoms. The maximum absolute atomic E-state index is 6.08. The Hall–Kier alpha value is -0.120. The first-order valence-electron chi connectivity index (χ1n) is 7.70. The Morgan fingerprint density at radius 1 is 1.22 bits per heavy atom. The Morgan fingerprint density at radius 3 is 2.33 bits per heavy atom. The van der Waals surface area contributed by atoms with Crippen molar-refractivity contribution in [1.82, 2.24) is 4.90 Å². The summed E-state index contributed by atoms with van der Waals surface area (Å²) in [4.78, 5) is 2.68. The molecule has 0 spiro atoms. The van der Waals surface area contributed by atoms with Crippen LogP contribution >= 0.6 is 0 Å². The van der Waals surface area contributed by atoms with Crippen molar-refractivity contribution in [1.29, 1.82) is 0 Å². The van der Waals surface area contributed by atoms with Gasteiger partial charge in [0.05, 0.1) is 6.10 Å². The van der Waals surface area contributed by atoms with Crippen LogP contribution < -0.4 is 5.73 Å². The van der Waals surface area contributed by atoms with E-state index in [2.05, 4.69) is 25.7 Å². The third kappa shape index (κ3) is 2.33. The molecule has 2 rings (SSSR count). The van der Waals surface area contributed by atoms with Gasteiger partial charge in [-0.25, -0.2) is 0 Å². The van der Waals surface area contributed by atoms with E-state index in [-0.39, 0.29) is 5.54 Å². The van der Waals surface area contributed by atoms with Gasteiger partial charge in [-0.3, -0.25) is 4.90 Å². The van der Waals surface area contributed by atoms with E-state index in [1.165, 1.54) is 32.4 Å². The fourth-order valence-electron chi connectivity index (χ4n) is 3.86. The second kappa shape index (κ2) is 5.48. The lowest BCUT2D eigenvalue weighted by molar-refractivity contribution is -0.0961. The van der Waals surface area contributed by atoms with E-state index in [9.17, 15) is 0 Å². The van der Waals surface area contributed by atoms with Gasteiger partial charge < -0.3 is 10.5 Å². The van der Waals surface area contributed by atoms with Crippen LogP contribution in [0.4, 0.5) is 0 Å². The second-order valence-corrected chi connectivity index (χ2v) is 6.29. The van der Waals surface area contributed by atoms with Crippen molar-refractivity contribution in [3.8, 4) is 0 Å². The van der Waals surface area contributed by atoms with Gasteiger partial charge in [-0.05, 0) is 51.0 Å². The summed E-state index contributed by atoms with van der Waals surface area (Å²) < 4.78 is 5.72. The molecule has 18 heavy (non-hydrogen) atoms. The van der Waals surface area contributed by atoms with Crippen LogP contribution in [0.2, 0.25) is 0 Å². The number of hydrogen-bond acceptors (Lipinski definition) is 3. The largest absolute Gasteiger partial charge is 0.378 e. The van der Waals surface area contributed by atoms with Gasteiger partial charge in [0.2, 0.25) is 0 Å². The van der Waals surface area contributed by atoms with Crippen LogP contribution in [-0.2, 0) is 4.74 Å². The molecule has 0 aromatic heterocycles. The lowest BCUT2D eigenvalue weighted by atomic mass is 9.72. The van der Waals surface area contributed by atoms with E-state index in [0.717, 1.165) is 26.0 Å². The highest BCUT2D eigenvalue weighted by Gasteiger charge is 2.51. The first-order chi connectivity index (χ1) is 8.63. The highest BCUT2D eigenvalue weighted by atomic mass is 16.5. The molecule has 1 saturated heterocycles. The van der Waals surface area contributed by atoms with Gasteiger partial charge in [0.15, 0.2) is 0 Å². The van der Waals surface area contributed by atoms with Crippen LogP contribution in [0.3, 0.4) is 0 Å². The molecule has 1 aliphatic carbocycles. The predicted molar refractivity (Wildman–Crippen MR) is 75.6 cm³/mol. The summed E-state index contributed by atoms with van der Waals surface area (Å²) in [7, 11) is 0. The second-order valence-electron chi connectivity index (χ2n) is 6.29. The summed E-state index contributed by atoms with van der Waals surface area (Å²) in [6.45, 7) is 10.9. The number of nitrogens with zero attached hydrogens (tertiary/aromatic N) is 1. The molecule has 0 aromatic carbocycles. The van der Waals surface area contributed by atoms with E-state index < -0.39 is 0 Å². The van der Waals surface area contributed by atoms with Crippen molar-refractivity contribution in [2.45, 2.75) is 64.5 Å². The fourth-order valence-corrected chi connectivity index (χ4v) is 3.86. The topological polar surface area (TPSA) is 38.5 Å². The van der Waals surface area contributed by atoms with Crippen LogP contribution in [0.5, 0.6) is 0 Å². The van der Waals surface area contributed by atoms with Gasteiger partial charge in [0, 0.05) is 25.2 Å². The molecular formula is C15H30N2O. The summed E-state index contributed by atoms with van der Waals surface area (Å²) in [5.41, 5.74) is 6.89. The van der Waals surface area contributed by atoms with E-state index in [4.69, 9.17) is 10.5 Å². The monoisotopic (exact) mass is 254 g/mol. The van der Waals surface area contributed by atoms with Gasteiger partial charge >= 0.3 is 0 Å². The minimum atomic E-state index is 0.256. The molecule has 0 amide bonds. The minimum Gasteiger partial charge on any atom is -0.378 e. The van der Waals surface area contributed by atoms with Crippen molar-refractivity contribution in [3.63, 3.8) is 0 Å². The van der Waals surface area contributed by atoms with Gasteiger partial charge in [-0.15, -0.1) is 0 Å². The smallest absolute Gasteiger partial charge is 0.0611 e. The van der Waals surface area contributed by atoms with Crippen molar-refractivity contribution in [2.24, 2.45) is 11.1 Å². The Morgan fingerprint density at radius 2 is 1.89 bits per heavy atom. The first kappa shape index (κ1) is 14.3. The Kier molecular flexibility index (Phi) is 4.35. The van der Waals surface area contributed by atoms with Crippen LogP contribution in [0.15, 0.2) is 0 Å². The van der Waals surface area contributed by atoms with Crippen molar-refractivity contribution in [3.05, 3.63) is 0 Å². The third-order valence-corrected chi connectivity index (χ3v) is 5.61. The lowest BCUT2D eigenvalue weighted by Gasteiger charge is -2.53. The molecule has 1 saturated carbocycles. The summed E-state index contributed by atoms with van der Waals surface area (Å²) in [6.07, 6.45) is 6.69. The zero-order valence-corrected chi connectivity index (χ0v) is 12.4. The third-order valence-electron chi connectivity index (χ3n) is 5.61. The molecule has 0 atom stereocenters. The standard InChI is InChI=1S/C15H30N2O/c1-4-14(5-2)7-8-17(12-14)15(11-16)9-13(10-15)18-6-3/h13H,4-12,16H2,1-3H3. The fraction of sp³-hybridized carbons (Fsp3) is 1.00. The number of hydrogen-bond donors (Lipinski definition) is 1. The molecular weight excluding hydrogens is 224 g/mol. The molecule has 2 aliphatic rings. The van der Waals surface area contributed by atoms with Gasteiger partial charge in [0.25, 0.3) is 0 Å². The van der Waals surface area contributed by atoms with E-state index >= 15 is 0 Å². The van der Waals surface area contributed by atoms with Crippen LogP contribution in [0.25, 0.3) is 0 Å². The van der Waals surface area contributed by atoms with E-state index in [1.54, 1.807) is 0 Å². The number of nitrogens with two attached hydrogens (primary N) is 1. The van der Waals surface area contributed by atoms with Crippen molar-refractivity contribution < 1.29 is 4.74 Å².